The Morgan fingerprint density at radius 1 is 1.47 bits per heavy atom. The van der Waals surface area contributed by atoms with Crippen LogP contribution in [0.4, 0.5) is 0 Å². The third-order valence-electron chi connectivity index (χ3n) is 3.16. The maximum absolute atomic E-state index is 9.74. The van der Waals surface area contributed by atoms with Crippen molar-refractivity contribution in [3.05, 3.63) is 0 Å². The first kappa shape index (κ1) is 12.9. The quantitative estimate of drug-likeness (QED) is 0.754. The van der Waals surface area contributed by atoms with Crippen molar-refractivity contribution in [1.29, 1.82) is 0 Å². The van der Waals surface area contributed by atoms with Crippen LogP contribution in [0.1, 0.15) is 33.6 Å². The van der Waals surface area contributed by atoms with Crippen molar-refractivity contribution in [2.45, 2.75) is 45.8 Å². The van der Waals surface area contributed by atoms with Crippen molar-refractivity contribution in [1.82, 2.24) is 4.90 Å². The molecule has 1 rings (SSSR count). The predicted molar refractivity (Wildman–Crippen MR) is 61.9 cm³/mol. The zero-order chi connectivity index (χ0) is 11.3. The Bertz CT molecular complexity index is 173. The van der Waals surface area contributed by atoms with E-state index in [9.17, 15) is 5.11 Å². The molecule has 0 aliphatic carbocycles. The molecule has 90 valence electrons. The molecule has 1 saturated heterocycles. The van der Waals surface area contributed by atoms with Crippen LogP contribution in [0.5, 0.6) is 0 Å². The molecule has 3 heteroatoms. The Morgan fingerprint density at radius 3 is 2.80 bits per heavy atom. The average Bonchev–Trinajstić information content (AvgIpc) is 2.20. The van der Waals surface area contributed by atoms with Crippen LogP contribution in [-0.2, 0) is 4.74 Å². The normalized spacial score (nSPS) is 28.6. The maximum atomic E-state index is 9.74. The van der Waals surface area contributed by atoms with E-state index in [0.29, 0.717) is 12.0 Å². The zero-order valence-corrected chi connectivity index (χ0v) is 10.3. The van der Waals surface area contributed by atoms with Crippen LogP contribution in [-0.4, -0.2) is 48.5 Å². The highest BCUT2D eigenvalue weighted by Crippen LogP contribution is 2.19. The molecular weight excluding hydrogens is 190 g/mol. The summed E-state index contributed by atoms with van der Waals surface area (Å²) < 4.78 is 5.54. The Labute approximate surface area is 93.4 Å². The van der Waals surface area contributed by atoms with Gasteiger partial charge in [0.2, 0.25) is 0 Å². The van der Waals surface area contributed by atoms with Gasteiger partial charge in [0.05, 0.1) is 18.8 Å². The zero-order valence-electron chi connectivity index (χ0n) is 10.3. The lowest BCUT2D eigenvalue weighted by Crippen LogP contribution is -2.44. The first-order valence-corrected chi connectivity index (χ1v) is 6.15. The lowest BCUT2D eigenvalue weighted by molar-refractivity contribution is 0.00374. The minimum Gasteiger partial charge on any atom is -0.393 e. The second-order valence-corrected chi connectivity index (χ2v) is 4.74. The Kier molecular flexibility index (Phi) is 5.58. The van der Waals surface area contributed by atoms with Crippen molar-refractivity contribution in [3.8, 4) is 0 Å². The van der Waals surface area contributed by atoms with Gasteiger partial charge in [-0.25, -0.2) is 0 Å². The van der Waals surface area contributed by atoms with E-state index in [1.54, 1.807) is 0 Å². The second-order valence-electron chi connectivity index (χ2n) is 4.74. The van der Waals surface area contributed by atoms with Gasteiger partial charge in [0.15, 0.2) is 0 Å². The van der Waals surface area contributed by atoms with Crippen molar-refractivity contribution in [2.24, 2.45) is 5.92 Å². The van der Waals surface area contributed by atoms with Crippen molar-refractivity contribution < 1.29 is 9.84 Å². The summed E-state index contributed by atoms with van der Waals surface area (Å²) in [6.45, 7) is 10.1. The van der Waals surface area contributed by atoms with Crippen molar-refractivity contribution in [2.75, 3.05) is 26.2 Å². The SMILES string of the molecule is CCC1CN(CCOC(C)C)CCC1O. The number of aliphatic hydroxyl groups is 1. The topological polar surface area (TPSA) is 32.7 Å². The summed E-state index contributed by atoms with van der Waals surface area (Å²) in [5.41, 5.74) is 0. The smallest absolute Gasteiger partial charge is 0.0596 e. The molecule has 2 atom stereocenters. The van der Waals surface area contributed by atoms with Gasteiger partial charge in [0, 0.05) is 19.6 Å². The summed E-state index contributed by atoms with van der Waals surface area (Å²) in [4.78, 5) is 2.41. The molecule has 1 heterocycles. The van der Waals surface area contributed by atoms with Crippen LogP contribution in [0, 0.1) is 5.92 Å². The summed E-state index contributed by atoms with van der Waals surface area (Å²) in [5, 5.41) is 9.74. The molecule has 0 aromatic heterocycles. The highest BCUT2D eigenvalue weighted by atomic mass is 16.5. The maximum Gasteiger partial charge on any atom is 0.0596 e. The average molecular weight is 215 g/mol. The fourth-order valence-corrected chi connectivity index (χ4v) is 2.12. The largest absolute Gasteiger partial charge is 0.393 e. The van der Waals surface area contributed by atoms with E-state index >= 15 is 0 Å². The van der Waals surface area contributed by atoms with Gasteiger partial charge in [-0.15, -0.1) is 0 Å². The Balaban J connectivity index is 2.20. The van der Waals surface area contributed by atoms with Gasteiger partial charge in [-0.3, -0.25) is 0 Å². The van der Waals surface area contributed by atoms with E-state index in [-0.39, 0.29) is 6.10 Å². The molecule has 1 fully saturated rings. The van der Waals surface area contributed by atoms with Gasteiger partial charge in [-0.2, -0.15) is 0 Å². The predicted octanol–water partition coefficient (Wildman–Crippen LogP) is 1.50. The van der Waals surface area contributed by atoms with E-state index < -0.39 is 0 Å². The van der Waals surface area contributed by atoms with E-state index in [1.165, 1.54) is 0 Å². The van der Waals surface area contributed by atoms with E-state index in [4.69, 9.17) is 4.74 Å². The molecule has 0 aromatic carbocycles. The molecule has 0 spiro atoms. The number of nitrogens with zero attached hydrogens (tertiary/aromatic N) is 1. The molecule has 0 saturated carbocycles. The summed E-state index contributed by atoms with van der Waals surface area (Å²) in [6, 6.07) is 0. The number of hydrogen-bond acceptors (Lipinski definition) is 3. The minimum absolute atomic E-state index is 0.0859. The second kappa shape index (κ2) is 6.46. The van der Waals surface area contributed by atoms with Gasteiger partial charge in [0.1, 0.15) is 0 Å². The first-order chi connectivity index (χ1) is 7.13. The molecule has 1 N–H and O–H groups in total. The molecular formula is C12H25NO2. The first-order valence-electron chi connectivity index (χ1n) is 6.15. The number of likely N-dealkylation sites (tertiary alicyclic amines) is 1. The standard InChI is InChI=1S/C12H25NO2/c1-4-11-9-13(6-5-12(11)14)7-8-15-10(2)3/h10-12,14H,4-9H2,1-3H3. The molecule has 15 heavy (non-hydrogen) atoms. The molecule has 1 aliphatic rings. The lowest BCUT2D eigenvalue weighted by atomic mass is 9.92. The van der Waals surface area contributed by atoms with E-state index in [0.717, 1.165) is 39.1 Å². The van der Waals surface area contributed by atoms with Gasteiger partial charge in [-0.1, -0.05) is 6.92 Å². The molecule has 0 radical (unpaired) electrons. The number of hydrogen-bond donors (Lipinski definition) is 1. The monoisotopic (exact) mass is 215 g/mol. The van der Waals surface area contributed by atoms with Crippen LogP contribution in [0.2, 0.25) is 0 Å². The molecule has 3 nitrogen and oxygen atoms in total. The summed E-state index contributed by atoms with van der Waals surface area (Å²) in [7, 11) is 0. The van der Waals surface area contributed by atoms with Crippen molar-refractivity contribution in [3.63, 3.8) is 0 Å². The molecule has 0 amide bonds. The Morgan fingerprint density at radius 2 is 2.20 bits per heavy atom. The van der Waals surface area contributed by atoms with Crippen molar-refractivity contribution >= 4 is 0 Å². The lowest BCUT2D eigenvalue weighted by Gasteiger charge is -2.35. The highest BCUT2D eigenvalue weighted by Gasteiger charge is 2.25. The van der Waals surface area contributed by atoms with Crippen LogP contribution >= 0.6 is 0 Å². The fourth-order valence-electron chi connectivity index (χ4n) is 2.12. The van der Waals surface area contributed by atoms with Crippen LogP contribution in [0.3, 0.4) is 0 Å². The van der Waals surface area contributed by atoms with E-state index in [2.05, 4.69) is 25.7 Å². The fraction of sp³-hybridized carbons (Fsp3) is 1.00. The van der Waals surface area contributed by atoms with E-state index in [1.807, 2.05) is 0 Å². The molecule has 1 aliphatic heterocycles. The van der Waals surface area contributed by atoms with Crippen LogP contribution in [0.25, 0.3) is 0 Å². The summed E-state index contributed by atoms with van der Waals surface area (Å²) in [6.07, 6.45) is 2.22. The van der Waals surface area contributed by atoms with Crippen LogP contribution in [0.15, 0.2) is 0 Å². The molecule has 2 unspecified atom stereocenters. The van der Waals surface area contributed by atoms with Gasteiger partial charge >= 0.3 is 0 Å². The number of piperidine rings is 1. The van der Waals surface area contributed by atoms with Crippen LogP contribution < -0.4 is 0 Å². The number of rotatable bonds is 5. The summed E-state index contributed by atoms with van der Waals surface area (Å²) >= 11 is 0. The molecule has 0 bridgehead atoms. The number of ether oxygens (including phenoxy) is 1. The van der Waals surface area contributed by atoms with Gasteiger partial charge < -0.3 is 14.7 Å². The highest BCUT2D eigenvalue weighted by molar-refractivity contribution is 4.78. The summed E-state index contributed by atoms with van der Waals surface area (Å²) in [5.74, 6) is 0.456. The van der Waals surface area contributed by atoms with Gasteiger partial charge in [-0.05, 0) is 32.6 Å². The van der Waals surface area contributed by atoms with Gasteiger partial charge in [0.25, 0.3) is 0 Å². The Hall–Kier alpha value is -0.120. The molecule has 0 aromatic rings. The third-order valence-corrected chi connectivity index (χ3v) is 3.16. The third kappa shape index (κ3) is 4.49. The number of aliphatic hydroxyl groups excluding tert-OH is 1. The minimum atomic E-state index is -0.0859.